The fraction of sp³-hybridized carbons (Fsp3) is 0.417. The van der Waals surface area contributed by atoms with Crippen molar-refractivity contribution in [2.75, 3.05) is 5.32 Å². The number of anilines is 1. The first kappa shape index (κ1) is 12.2. The van der Waals surface area contributed by atoms with Gasteiger partial charge in [-0.25, -0.2) is 4.98 Å². The first-order valence-corrected chi connectivity index (χ1v) is 5.65. The zero-order chi connectivity index (χ0) is 13.3. The maximum absolute atomic E-state index is 9.12. The average molecular weight is 245 g/mol. The summed E-state index contributed by atoms with van der Waals surface area (Å²) >= 11 is 0. The van der Waals surface area contributed by atoms with Gasteiger partial charge in [0, 0.05) is 7.05 Å². The Morgan fingerprint density at radius 1 is 1.50 bits per heavy atom. The normalized spacial score (nSPS) is 12.2. The van der Waals surface area contributed by atoms with Crippen LogP contribution in [0.4, 0.5) is 5.82 Å². The summed E-state index contributed by atoms with van der Waals surface area (Å²) in [5, 5.41) is 16.5. The fourth-order valence-corrected chi connectivity index (χ4v) is 1.80. The molecule has 2 aromatic heterocycles. The van der Waals surface area contributed by atoms with E-state index in [4.69, 9.17) is 9.68 Å². The molecule has 2 rings (SSSR count). The molecule has 0 saturated carbocycles. The van der Waals surface area contributed by atoms with Crippen molar-refractivity contribution in [2.45, 2.75) is 26.8 Å². The van der Waals surface area contributed by atoms with Crippen LogP contribution in [-0.4, -0.2) is 14.8 Å². The van der Waals surface area contributed by atoms with Crippen molar-refractivity contribution in [3.63, 3.8) is 0 Å². The summed E-state index contributed by atoms with van der Waals surface area (Å²) in [7, 11) is 1.80. The molecule has 2 heterocycles. The Labute approximate surface area is 105 Å². The van der Waals surface area contributed by atoms with Crippen molar-refractivity contribution in [1.29, 1.82) is 5.26 Å². The molecule has 0 spiro atoms. The zero-order valence-corrected chi connectivity index (χ0v) is 10.9. The van der Waals surface area contributed by atoms with Gasteiger partial charge in [-0.05, 0) is 20.8 Å². The van der Waals surface area contributed by atoms with E-state index in [0.29, 0.717) is 23.0 Å². The molecule has 0 aromatic carbocycles. The molecule has 94 valence electrons. The van der Waals surface area contributed by atoms with Crippen LogP contribution >= 0.6 is 0 Å². The molecule has 0 fully saturated rings. The van der Waals surface area contributed by atoms with Crippen LogP contribution in [0.1, 0.15) is 35.9 Å². The van der Waals surface area contributed by atoms with Gasteiger partial charge in [-0.15, -0.1) is 0 Å². The minimum absolute atomic E-state index is 0.124. The lowest BCUT2D eigenvalue weighted by atomic mass is 10.2. The third-order valence-corrected chi connectivity index (χ3v) is 2.70. The summed E-state index contributed by atoms with van der Waals surface area (Å²) < 4.78 is 7.10. The van der Waals surface area contributed by atoms with Gasteiger partial charge < -0.3 is 9.73 Å². The van der Waals surface area contributed by atoms with E-state index in [1.807, 2.05) is 20.8 Å². The van der Waals surface area contributed by atoms with Gasteiger partial charge in [-0.3, -0.25) is 4.68 Å². The molecule has 18 heavy (non-hydrogen) atoms. The summed E-state index contributed by atoms with van der Waals surface area (Å²) in [5.41, 5.74) is 1.26. The van der Waals surface area contributed by atoms with Crippen LogP contribution in [0.25, 0.3) is 0 Å². The third-order valence-electron chi connectivity index (χ3n) is 2.70. The highest BCUT2D eigenvalue weighted by Crippen LogP contribution is 2.23. The lowest BCUT2D eigenvalue weighted by molar-refractivity contribution is 0.452. The van der Waals surface area contributed by atoms with E-state index in [9.17, 15) is 0 Å². The highest BCUT2D eigenvalue weighted by atomic mass is 16.4. The molecule has 1 N–H and O–H groups in total. The Morgan fingerprint density at radius 2 is 2.22 bits per heavy atom. The predicted molar refractivity (Wildman–Crippen MR) is 65.9 cm³/mol. The third kappa shape index (κ3) is 2.07. The molecule has 0 amide bonds. The van der Waals surface area contributed by atoms with Crippen molar-refractivity contribution in [3.8, 4) is 6.07 Å². The maximum atomic E-state index is 9.12. The fourth-order valence-electron chi connectivity index (χ4n) is 1.80. The summed E-state index contributed by atoms with van der Waals surface area (Å²) in [6.07, 6.45) is 1.67. The molecule has 6 heteroatoms. The van der Waals surface area contributed by atoms with Crippen molar-refractivity contribution >= 4 is 5.82 Å². The number of rotatable bonds is 3. The Hall–Kier alpha value is -2.29. The van der Waals surface area contributed by atoms with Gasteiger partial charge >= 0.3 is 0 Å². The lowest BCUT2D eigenvalue weighted by Gasteiger charge is -2.12. The molecular weight excluding hydrogens is 230 g/mol. The minimum atomic E-state index is -0.124. The van der Waals surface area contributed by atoms with Crippen molar-refractivity contribution in [1.82, 2.24) is 14.8 Å². The van der Waals surface area contributed by atoms with Crippen LogP contribution in [0.3, 0.4) is 0 Å². The number of nitrogens with zero attached hydrogens (tertiary/aromatic N) is 4. The predicted octanol–water partition coefficient (Wildman–Crippen LogP) is 2.07. The molecule has 0 bridgehead atoms. The SMILES string of the molecule is Cc1cnc(C(C)Nc2c(C#N)c(C)nn2C)o1. The van der Waals surface area contributed by atoms with Crippen LogP contribution in [0.15, 0.2) is 10.6 Å². The van der Waals surface area contributed by atoms with Crippen LogP contribution in [0.2, 0.25) is 0 Å². The van der Waals surface area contributed by atoms with Gasteiger partial charge in [0.25, 0.3) is 0 Å². The van der Waals surface area contributed by atoms with E-state index >= 15 is 0 Å². The number of hydrogen-bond donors (Lipinski definition) is 1. The topological polar surface area (TPSA) is 79.7 Å². The number of aromatic nitrogens is 3. The number of oxazole rings is 1. The zero-order valence-electron chi connectivity index (χ0n) is 10.9. The second-order valence-electron chi connectivity index (χ2n) is 4.22. The summed E-state index contributed by atoms with van der Waals surface area (Å²) in [6, 6.07) is 2.03. The molecule has 6 nitrogen and oxygen atoms in total. The Morgan fingerprint density at radius 3 is 2.78 bits per heavy atom. The number of nitrogens with one attached hydrogen (secondary N) is 1. The first-order chi connectivity index (χ1) is 8.52. The van der Waals surface area contributed by atoms with Gasteiger partial charge in [0.15, 0.2) is 0 Å². The van der Waals surface area contributed by atoms with E-state index < -0.39 is 0 Å². The molecule has 0 aliphatic heterocycles. The highest BCUT2D eigenvalue weighted by Gasteiger charge is 2.18. The second-order valence-corrected chi connectivity index (χ2v) is 4.22. The van der Waals surface area contributed by atoms with Gasteiger partial charge in [0.05, 0.1) is 11.9 Å². The average Bonchev–Trinajstić information content (AvgIpc) is 2.84. The van der Waals surface area contributed by atoms with Gasteiger partial charge in [-0.2, -0.15) is 10.4 Å². The molecule has 0 radical (unpaired) electrons. The molecule has 1 atom stereocenters. The molecule has 0 saturated heterocycles. The first-order valence-electron chi connectivity index (χ1n) is 5.65. The van der Waals surface area contributed by atoms with Crippen LogP contribution in [0, 0.1) is 25.2 Å². The van der Waals surface area contributed by atoms with Crippen molar-refractivity contribution in [3.05, 3.63) is 29.1 Å². The Balaban J connectivity index is 2.27. The van der Waals surface area contributed by atoms with Crippen LogP contribution in [-0.2, 0) is 7.05 Å². The van der Waals surface area contributed by atoms with Crippen LogP contribution in [0.5, 0.6) is 0 Å². The largest absolute Gasteiger partial charge is 0.444 e. The summed E-state index contributed by atoms with van der Waals surface area (Å²) in [6.45, 7) is 5.58. The maximum Gasteiger partial charge on any atom is 0.216 e. The Kier molecular flexibility index (Phi) is 3.06. The van der Waals surface area contributed by atoms with E-state index in [0.717, 1.165) is 5.76 Å². The van der Waals surface area contributed by atoms with E-state index in [-0.39, 0.29) is 6.04 Å². The van der Waals surface area contributed by atoms with Gasteiger partial charge in [-0.1, -0.05) is 0 Å². The number of hydrogen-bond acceptors (Lipinski definition) is 5. The van der Waals surface area contributed by atoms with E-state index in [2.05, 4.69) is 21.5 Å². The summed E-state index contributed by atoms with van der Waals surface area (Å²) in [4.78, 5) is 4.16. The molecule has 1 unspecified atom stereocenters. The number of nitriles is 1. The Bertz CT molecular complexity index is 605. The van der Waals surface area contributed by atoms with Gasteiger partial charge in [0.1, 0.15) is 29.3 Å². The van der Waals surface area contributed by atoms with E-state index in [1.165, 1.54) is 0 Å². The molecule has 0 aliphatic rings. The van der Waals surface area contributed by atoms with Gasteiger partial charge in [0.2, 0.25) is 5.89 Å². The lowest BCUT2D eigenvalue weighted by Crippen LogP contribution is -2.11. The van der Waals surface area contributed by atoms with Crippen molar-refractivity contribution < 1.29 is 4.42 Å². The quantitative estimate of drug-likeness (QED) is 0.895. The minimum Gasteiger partial charge on any atom is -0.444 e. The molecule has 0 aliphatic carbocycles. The smallest absolute Gasteiger partial charge is 0.216 e. The monoisotopic (exact) mass is 245 g/mol. The summed E-state index contributed by atoms with van der Waals surface area (Å²) in [5.74, 6) is 2.04. The standard InChI is InChI=1S/C12H15N5O/c1-7-6-14-12(18-7)9(3)15-11-10(5-13)8(2)16-17(11)4/h6,9,15H,1-4H3. The number of aryl methyl sites for hydroxylation is 3. The molecular formula is C12H15N5O. The van der Waals surface area contributed by atoms with Crippen molar-refractivity contribution in [2.24, 2.45) is 7.05 Å². The second kappa shape index (κ2) is 4.53. The highest BCUT2D eigenvalue weighted by molar-refractivity contribution is 5.55. The van der Waals surface area contributed by atoms with E-state index in [1.54, 1.807) is 17.9 Å². The molecule has 2 aromatic rings. The van der Waals surface area contributed by atoms with Crippen LogP contribution < -0.4 is 5.32 Å².